The molecule has 1 aliphatic rings. The van der Waals surface area contributed by atoms with Crippen LogP contribution >= 0.6 is 0 Å². The van der Waals surface area contributed by atoms with Crippen molar-refractivity contribution in [1.82, 2.24) is 0 Å². The Morgan fingerprint density at radius 3 is 2.29 bits per heavy atom. The molecule has 110 valence electrons. The highest BCUT2D eigenvalue weighted by molar-refractivity contribution is 5.37. The maximum Gasteiger partial charge on any atom is 0.0886 e. The second-order valence-electron chi connectivity index (χ2n) is 5.91. The monoisotopic (exact) mass is 282 g/mol. The molecule has 3 rings (SSSR count). The van der Waals surface area contributed by atoms with E-state index in [1.807, 2.05) is 6.07 Å². The van der Waals surface area contributed by atoms with Crippen molar-refractivity contribution in [2.24, 2.45) is 0 Å². The van der Waals surface area contributed by atoms with Gasteiger partial charge in [-0.3, -0.25) is 0 Å². The lowest BCUT2D eigenvalue weighted by Crippen LogP contribution is -2.18. The van der Waals surface area contributed by atoms with E-state index < -0.39 is 6.10 Å². The average molecular weight is 282 g/mol. The lowest BCUT2D eigenvalue weighted by molar-refractivity contribution is 0.133. The molecule has 1 fully saturated rings. The second-order valence-corrected chi connectivity index (χ2v) is 5.91. The van der Waals surface area contributed by atoms with E-state index >= 15 is 0 Å². The van der Waals surface area contributed by atoms with Crippen LogP contribution in [0.5, 0.6) is 0 Å². The van der Waals surface area contributed by atoms with Gasteiger partial charge in [0.15, 0.2) is 0 Å². The van der Waals surface area contributed by atoms with Gasteiger partial charge in [-0.05, 0) is 36.0 Å². The molecule has 1 saturated carbocycles. The lowest BCUT2D eigenvalue weighted by Gasteiger charge is -2.23. The molecular formula is C19H22O2. The van der Waals surface area contributed by atoms with Crippen LogP contribution in [0.1, 0.15) is 35.6 Å². The van der Waals surface area contributed by atoms with Crippen molar-refractivity contribution in [3.63, 3.8) is 0 Å². The highest BCUT2D eigenvalue weighted by atomic mass is 16.5. The normalized spacial score (nSPS) is 17.4. The first-order valence-corrected chi connectivity index (χ1v) is 7.58. The Kier molecular flexibility index (Phi) is 4.09. The van der Waals surface area contributed by atoms with Crippen LogP contribution in [0.4, 0.5) is 0 Å². The number of rotatable bonds is 6. The van der Waals surface area contributed by atoms with Crippen LogP contribution in [-0.2, 0) is 16.6 Å². The maximum atomic E-state index is 10.8. The molecular weight excluding hydrogens is 260 g/mol. The molecule has 2 heteroatoms. The minimum atomic E-state index is -0.420. The summed E-state index contributed by atoms with van der Waals surface area (Å²) in [7, 11) is 1.72. The van der Waals surface area contributed by atoms with Gasteiger partial charge in [0.25, 0.3) is 0 Å². The highest BCUT2D eigenvalue weighted by Gasteiger charge is 2.50. The molecule has 2 nitrogen and oxygen atoms in total. The fraction of sp³-hybridized carbons (Fsp3) is 0.368. The van der Waals surface area contributed by atoms with Crippen LogP contribution in [0.2, 0.25) is 0 Å². The third-order valence-corrected chi connectivity index (χ3v) is 4.55. The average Bonchev–Trinajstić information content (AvgIpc) is 3.35. The molecule has 1 unspecified atom stereocenters. The Hall–Kier alpha value is -1.64. The summed E-state index contributed by atoms with van der Waals surface area (Å²) in [5.41, 5.74) is 3.44. The number of aliphatic hydroxyl groups excluding tert-OH is 1. The summed E-state index contributed by atoms with van der Waals surface area (Å²) in [5, 5.41) is 10.8. The third kappa shape index (κ3) is 2.87. The predicted octanol–water partition coefficient (Wildman–Crippen LogP) is 3.64. The topological polar surface area (TPSA) is 29.5 Å². The zero-order valence-corrected chi connectivity index (χ0v) is 12.5. The molecule has 0 amide bonds. The first-order valence-electron chi connectivity index (χ1n) is 7.58. The summed E-state index contributed by atoms with van der Waals surface area (Å²) >= 11 is 0. The molecule has 1 N–H and O–H groups in total. The maximum absolute atomic E-state index is 10.8. The Labute approximate surface area is 126 Å². The fourth-order valence-electron chi connectivity index (χ4n) is 3.03. The lowest BCUT2D eigenvalue weighted by atomic mass is 9.86. The van der Waals surface area contributed by atoms with Crippen molar-refractivity contribution in [2.45, 2.75) is 30.8 Å². The van der Waals surface area contributed by atoms with E-state index in [1.54, 1.807) is 7.11 Å². The molecule has 0 bridgehead atoms. The second kappa shape index (κ2) is 6.00. The molecule has 0 saturated heterocycles. The van der Waals surface area contributed by atoms with Gasteiger partial charge in [-0.1, -0.05) is 54.6 Å². The van der Waals surface area contributed by atoms with Gasteiger partial charge in [0, 0.05) is 12.5 Å². The number of hydrogen-bond donors (Lipinski definition) is 1. The van der Waals surface area contributed by atoms with Gasteiger partial charge in [0.2, 0.25) is 0 Å². The zero-order valence-electron chi connectivity index (χ0n) is 12.5. The number of methoxy groups -OCH3 is 1. The van der Waals surface area contributed by atoms with E-state index in [0.29, 0.717) is 0 Å². The molecule has 2 aromatic carbocycles. The van der Waals surface area contributed by atoms with Crippen molar-refractivity contribution in [3.05, 3.63) is 71.3 Å². The SMILES string of the molecule is COCCc1ccc(C(O)C2(c3ccccc3)CC2)cc1. The summed E-state index contributed by atoms with van der Waals surface area (Å²) in [6, 6.07) is 18.7. The van der Waals surface area contributed by atoms with Crippen molar-refractivity contribution in [2.75, 3.05) is 13.7 Å². The smallest absolute Gasteiger partial charge is 0.0886 e. The van der Waals surface area contributed by atoms with Gasteiger partial charge in [-0.25, -0.2) is 0 Å². The first-order chi connectivity index (χ1) is 10.3. The van der Waals surface area contributed by atoms with E-state index in [0.717, 1.165) is 31.4 Å². The Balaban J connectivity index is 1.77. The molecule has 21 heavy (non-hydrogen) atoms. The fourth-order valence-corrected chi connectivity index (χ4v) is 3.03. The predicted molar refractivity (Wildman–Crippen MR) is 84.3 cm³/mol. The van der Waals surface area contributed by atoms with Crippen molar-refractivity contribution < 1.29 is 9.84 Å². The summed E-state index contributed by atoms with van der Waals surface area (Å²) in [5.74, 6) is 0. The van der Waals surface area contributed by atoms with E-state index in [2.05, 4.69) is 48.5 Å². The van der Waals surface area contributed by atoms with E-state index in [9.17, 15) is 5.11 Å². The molecule has 0 radical (unpaired) electrons. The van der Waals surface area contributed by atoms with Gasteiger partial charge in [0.05, 0.1) is 12.7 Å². The number of aliphatic hydroxyl groups is 1. The molecule has 1 aliphatic carbocycles. The third-order valence-electron chi connectivity index (χ3n) is 4.55. The van der Waals surface area contributed by atoms with E-state index in [4.69, 9.17) is 4.74 Å². The molecule has 0 aliphatic heterocycles. The van der Waals surface area contributed by atoms with Crippen LogP contribution in [-0.4, -0.2) is 18.8 Å². The van der Waals surface area contributed by atoms with E-state index in [1.165, 1.54) is 11.1 Å². The van der Waals surface area contributed by atoms with Crippen LogP contribution in [0.3, 0.4) is 0 Å². The van der Waals surface area contributed by atoms with Crippen LogP contribution in [0.15, 0.2) is 54.6 Å². The van der Waals surface area contributed by atoms with Crippen LogP contribution in [0.25, 0.3) is 0 Å². The molecule has 2 aromatic rings. The van der Waals surface area contributed by atoms with Crippen molar-refractivity contribution >= 4 is 0 Å². The van der Waals surface area contributed by atoms with Crippen molar-refractivity contribution in [3.8, 4) is 0 Å². The summed E-state index contributed by atoms with van der Waals surface area (Å²) in [6.07, 6.45) is 2.61. The van der Waals surface area contributed by atoms with Gasteiger partial charge in [-0.15, -0.1) is 0 Å². The quantitative estimate of drug-likeness (QED) is 0.876. The van der Waals surface area contributed by atoms with E-state index in [-0.39, 0.29) is 5.41 Å². The molecule has 0 heterocycles. The first kappa shape index (κ1) is 14.3. The van der Waals surface area contributed by atoms with Crippen molar-refractivity contribution in [1.29, 1.82) is 0 Å². The molecule has 0 aromatic heterocycles. The summed E-state index contributed by atoms with van der Waals surface area (Å²) in [6.45, 7) is 0.732. The summed E-state index contributed by atoms with van der Waals surface area (Å²) in [4.78, 5) is 0. The molecule has 0 spiro atoms. The van der Waals surface area contributed by atoms with Crippen LogP contribution in [0, 0.1) is 0 Å². The number of benzene rings is 2. The van der Waals surface area contributed by atoms with Gasteiger partial charge < -0.3 is 9.84 Å². The zero-order chi connectivity index (χ0) is 14.7. The number of ether oxygens (including phenoxy) is 1. The Bertz CT molecular complexity index is 570. The van der Waals surface area contributed by atoms with Crippen LogP contribution < -0.4 is 0 Å². The van der Waals surface area contributed by atoms with Gasteiger partial charge in [0.1, 0.15) is 0 Å². The van der Waals surface area contributed by atoms with Gasteiger partial charge in [-0.2, -0.15) is 0 Å². The number of hydrogen-bond acceptors (Lipinski definition) is 2. The largest absolute Gasteiger partial charge is 0.387 e. The Morgan fingerprint density at radius 1 is 1.05 bits per heavy atom. The summed E-state index contributed by atoms with van der Waals surface area (Å²) < 4.78 is 5.10. The highest BCUT2D eigenvalue weighted by Crippen LogP contribution is 2.56. The minimum absolute atomic E-state index is 0.0741. The molecule has 1 atom stereocenters. The standard InChI is InChI=1S/C19H22O2/c1-21-14-11-15-7-9-16(10-8-15)18(20)19(12-13-19)17-5-3-2-4-6-17/h2-10,18,20H,11-14H2,1H3. The van der Waals surface area contributed by atoms with Gasteiger partial charge >= 0.3 is 0 Å². The minimum Gasteiger partial charge on any atom is -0.387 e. The Morgan fingerprint density at radius 2 is 1.71 bits per heavy atom.